The van der Waals surface area contributed by atoms with Crippen molar-refractivity contribution >= 4 is 17.3 Å². The van der Waals surface area contributed by atoms with Gasteiger partial charge in [-0.05, 0) is 12.1 Å². The molecular formula is C11H15N3O4. The van der Waals surface area contributed by atoms with E-state index in [1.807, 2.05) is 0 Å². The standard InChI is InChI=1S/C11H15N3O4/c1-12-11(15)5-6-13-9-4-3-8(18-2)7-10(9)14(16)17/h3-4,7,13H,5-6H2,1-2H3,(H,12,15). The van der Waals surface area contributed by atoms with Gasteiger partial charge in [-0.25, -0.2) is 0 Å². The van der Waals surface area contributed by atoms with Gasteiger partial charge in [0.2, 0.25) is 5.91 Å². The molecule has 0 heterocycles. The molecule has 18 heavy (non-hydrogen) atoms. The molecule has 1 aromatic carbocycles. The number of hydrogen-bond donors (Lipinski definition) is 2. The lowest BCUT2D eigenvalue weighted by Gasteiger charge is -2.07. The zero-order valence-corrected chi connectivity index (χ0v) is 10.2. The summed E-state index contributed by atoms with van der Waals surface area (Å²) in [5.74, 6) is 0.289. The van der Waals surface area contributed by atoms with Crippen molar-refractivity contribution < 1.29 is 14.5 Å². The second-order valence-electron chi connectivity index (χ2n) is 3.49. The van der Waals surface area contributed by atoms with E-state index >= 15 is 0 Å². The fourth-order valence-corrected chi connectivity index (χ4v) is 1.37. The van der Waals surface area contributed by atoms with Crippen molar-refractivity contribution in [1.82, 2.24) is 5.32 Å². The van der Waals surface area contributed by atoms with Crippen LogP contribution in [0, 0.1) is 10.1 Å². The lowest BCUT2D eigenvalue weighted by atomic mass is 10.2. The fraction of sp³-hybridized carbons (Fsp3) is 0.364. The van der Waals surface area contributed by atoms with Crippen LogP contribution in [-0.4, -0.2) is 31.5 Å². The maximum Gasteiger partial charge on any atom is 0.296 e. The highest BCUT2D eigenvalue weighted by atomic mass is 16.6. The van der Waals surface area contributed by atoms with E-state index in [0.717, 1.165) is 0 Å². The van der Waals surface area contributed by atoms with E-state index in [4.69, 9.17) is 4.74 Å². The smallest absolute Gasteiger partial charge is 0.296 e. The van der Waals surface area contributed by atoms with Gasteiger partial charge in [-0.15, -0.1) is 0 Å². The minimum Gasteiger partial charge on any atom is -0.496 e. The highest BCUT2D eigenvalue weighted by molar-refractivity contribution is 5.76. The van der Waals surface area contributed by atoms with Crippen molar-refractivity contribution in [2.24, 2.45) is 0 Å². The van der Waals surface area contributed by atoms with E-state index < -0.39 is 4.92 Å². The average Bonchev–Trinajstić information content (AvgIpc) is 2.38. The lowest BCUT2D eigenvalue weighted by molar-refractivity contribution is -0.384. The Hall–Kier alpha value is -2.31. The number of rotatable bonds is 6. The summed E-state index contributed by atoms with van der Waals surface area (Å²) in [5.41, 5.74) is 0.288. The third-order valence-corrected chi connectivity index (χ3v) is 2.35. The van der Waals surface area contributed by atoms with Gasteiger partial charge in [0.1, 0.15) is 11.4 Å². The number of carbonyl (C=O) groups excluding carboxylic acids is 1. The molecule has 7 heteroatoms. The number of benzene rings is 1. The maximum atomic E-state index is 11.0. The molecule has 0 unspecified atom stereocenters. The van der Waals surface area contributed by atoms with Crippen molar-refractivity contribution in [3.05, 3.63) is 28.3 Å². The van der Waals surface area contributed by atoms with E-state index in [1.165, 1.54) is 20.2 Å². The van der Waals surface area contributed by atoms with Gasteiger partial charge in [0.25, 0.3) is 5.69 Å². The molecule has 0 atom stereocenters. The molecule has 0 bridgehead atoms. The SMILES string of the molecule is CNC(=O)CCNc1ccc(OC)cc1[N+](=O)[O-]. The molecule has 98 valence electrons. The Bertz CT molecular complexity index is 448. The van der Waals surface area contributed by atoms with Crippen molar-refractivity contribution in [3.63, 3.8) is 0 Å². The maximum absolute atomic E-state index is 11.0. The van der Waals surface area contributed by atoms with Crippen LogP contribution in [0.4, 0.5) is 11.4 Å². The van der Waals surface area contributed by atoms with Crippen LogP contribution >= 0.6 is 0 Å². The Balaban J connectivity index is 2.75. The summed E-state index contributed by atoms with van der Waals surface area (Å²) < 4.78 is 4.92. The normalized spacial score (nSPS) is 9.67. The van der Waals surface area contributed by atoms with E-state index in [2.05, 4.69) is 10.6 Å². The Kier molecular flexibility index (Phi) is 4.91. The summed E-state index contributed by atoms with van der Waals surface area (Å²) in [6, 6.07) is 4.51. The number of anilines is 1. The molecule has 0 aliphatic carbocycles. The van der Waals surface area contributed by atoms with Gasteiger partial charge >= 0.3 is 0 Å². The number of amides is 1. The van der Waals surface area contributed by atoms with Crippen LogP contribution in [0.15, 0.2) is 18.2 Å². The van der Waals surface area contributed by atoms with Crippen LogP contribution in [0.25, 0.3) is 0 Å². The first-order valence-electron chi connectivity index (χ1n) is 5.35. The zero-order chi connectivity index (χ0) is 13.5. The highest BCUT2D eigenvalue weighted by Crippen LogP contribution is 2.28. The third-order valence-electron chi connectivity index (χ3n) is 2.35. The highest BCUT2D eigenvalue weighted by Gasteiger charge is 2.14. The molecular weight excluding hydrogens is 238 g/mol. The quantitative estimate of drug-likeness (QED) is 0.586. The van der Waals surface area contributed by atoms with E-state index in [-0.39, 0.29) is 18.0 Å². The number of nitrogens with one attached hydrogen (secondary N) is 2. The first kappa shape index (κ1) is 13.8. The first-order chi connectivity index (χ1) is 8.58. The number of nitrogens with zero attached hydrogens (tertiary/aromatic N) is 1. The summed E-state index contributed by atoms with van der Waals surface area (Å²) >= 11 is 0. The van der Waals surface area contributed by atoms with Gasteiger partial charge in [0.05, 0.1) is 18.1 Å². The van der Waals surface area contributed by atoms with Crippen LogP contribution < -0.4 is 15.4 Å². The Labute approximate surface area is 104 Å². The summed E-state index contributed by atoms with van der Waals surface area (Å²) in [6.07, 6.45) is 0.250. The van der Waals surface area contributed by atoms with Gasteiger partial charge in [-0.3, -0.25) is 14.9 Å². The summed E-state index contributed by atoms with van der Waals surface area (Å²) in [4.78, 5) is 21.4. The lowest BCUT2D eigenvalue weighted by Crippen LogP contribution is -2.20. The Morgan fingerprint density at radius 3 is 2.78 bits per heavy atom. The number of ether oxygens (including phenoxy) is 1. The summed E-state index contributed by atoms with van der Waals surface area (Å²) in [5, 5.41) is 16.2. The molecule has 2 N–H and O–H groups in total. The number of hydrogen-bond acceptors (Lipinski definition) is 5. The minimum atomic E-state index is -0.495. The van der Waals surface area contributed by atoms with Gasteiger partial charge in [0, 0.05) is 20.0 Å². The van der Waals surface area contributed by atoms with Gasteiger partial charge in [-0.1, -0.05) is 0 Å². The van der Waals surface area contributed by atoms with Crippen molar-refractivity contribution in [2.45, 2.75) is 6.42 Å². The number of carbonyl (C=O) groups is 1. The van der Waals surface area contributed by atoms with E-state index in [1.54, 1.807) is 12.1 Å². The second kappa shape index (κ2) is 6.43. The van der Waals surface area contributed by atoms with Crippen LogP contribution in [0.5, 0.6) is 5.75 Å². The predicted molar refractivity (Wildman–Crippen MR) is 66.8 cm³/mol. The topological polar surface area (TPSA) is 93.5 Å². The molecule has 1 aromatic rings. The van der Waals surface area contributed by atoms with Crippen LogP contribution in [-0.2, 0) is 4.79 Å². The van der Waals surface area contributed by atoms with Gasteiger partial charge < -0.3 is 15.4 Å². The number of methoxy groups -OCH3 is 1. The number of nitro benzene ring substituents is 1. The number of nitro groups is 1. The molecule has 0 aliphatic rings. The molecule has 1 amide bonds. The molecule has 0 saturated carbocycles. The van der Waals surface area contributed by atoms with E-state index in [0.29, 0.717) is 18.0 Å². The van der Waals surface area contributed by atoms with Crippen molar-refractivity contribution in [3.8, 4) is 5.75 Å². The predicted octanol–water partition coefficient (Wildman–Crippen LogP) is 1.15. The monoisotopic (exact) mass is 253 g/mol. The molecule has 0 spiro atoms. The Morgan fingerprint density at radius 2 is 2.22 bits per heavy atom. The molecule has 0 fully saturated rings. The van der Waals surface area contributed by atoms with Crippen molar-refractivity contribution in [2.75, 3.05) is 26.0 Å². The average molecular weight is 253 g/mol. The van der Waals surface area contributed by atoms with Gasteiger partial charge in [-0.2, -0.15) is 0 Å². The fourth-order valence-electron chi connectivity index (χ4n) is 1.37. The summed E-state index contributed by atoms with van der Waals surface area (Å²) in [7, 11) is 2.98. The second-order valence-corrected chi connectivity index (χ2v) is 3.49. The first-order valence-corrected chi connectivity index (χ1v) is 5.35. The summed E-state index contributed by atoms with van der Waals surface area (Å²) in [6.45, 7) is 0.326. The molecule has 0 aromatic heterocycles. The molecule has 0 radical (unpaired) electrons. The molecule has 1 rings (SSSR count). The van der Waals surface area contributed by atoms with Crippen LogP contribution in [0.3, 0.4) is 0 Å². The van der Waals surface area contributed by atoms with Crippen LogP contribution in [0.1, 0.15) is 6.42 Å². The minimum absolute atomic E-state index is 0.0775. The molecule has 0 aliphatic heterocycles. The van der Waals surface area contributed by atoms with Crippen molar-refractivity contribution in [1.29, 1.82) is 0 Å². The molecule has 0 saturated heterocycles. The molecule has 7 nitrogen and oxygen atoms in total. The largest absolute Gasteiger partial charge is 0.496 e. The van der Waals surface area contributed by atoms with Crippen LogP contribution in [0.2, 0.25) is 0 Å². The van der Waals surface area contributed by atoms with E-state index in [9.17, 15) is 14.9 Å². The Morgan fingerprint density at radius 1 is 1.50 bits per heavy atom. The third kappa shape index (κ3) is 3.62. The zero-order valence-electron chi connectivity index (χ0n) is 10.2. The van der Waals surface area contributed by atoms with Gasteiger partial charge in [0.15, 0.2) is 0 Å².